The number of piperidine rings is 1. The van der Waals surface area contributed by atoms with Gasteiger partial charge in [-0.05, 0) is 65.1 Å². The van der Waals surface area contributed by atoms with Gasteiger partial charge in [0.2, 0.25) is 0 Å². The largest absolute Gasteiger partial charge is 0.316 e. The maximum atomic E-state index is 6.08. The first-order valence-corrected chi connectivity index (χ1v) is 8.31. The Balaban J connectivity index is 1.77. The van der Waals surface area contributed by atoms with Gasteiger partial charge < -0.3 is 5.32 Å². The number of fused-ring (bicyclic) bond motifs is 1. The Hall–Kier alpha value is -1.98. The summed E-state index contributed by atoms with van der Waals surface area (Å²) in [4.78, 5) is 1.74. The minimum atomic E-state index is 0.102. The van der Waals surface area contributed by atoms with Crippen LogP contribution < -0.4 is 5.32 Å². The summed E-state index contributed by atoms with van der Waals surface area (Å²) >= 11 is 6.08. The molecule has 5 nitrogen and oxygen atoms in total. The topological polar surface area (TPSA) is 55.6 Å². The minimum Gasteiger partial charge on any atom is -0.316 e. The summed E-state index contributed by atoms with van der Waals surface area (Å²) in [5.74, 6) is 0.461. The van der Waals surface area contributed by atoms with Crippen LogP contribution in [0.5, 0.6) is 0 Å². The molecule has 0 amide bonds. The van der Waals surface area contributed by atoms with Crippen LogP contribution in [0.3, 0.4) is 0 Å². The van der Waals surface area contributed by atoms with Gasteiger partial charge in [-0.25, -0.2) is 0 Å². The summed E-state index contributed by atoms with van der Waals surface area (Å²) in [5.41, 5.74) is 1.21. The molecular weight excluding hydrogens is 310 g/mol. The fourth-order valence-corrected chi connectivity index (χ4v) is 3.64. The van der Waals surface area contributed by atoms with Gasteiger partial charge in [-0.1, -0.05) is 29.8 Å². The smallest absolute Gasteiger partial charge is 0.162 e. The third kappa shape index (κ3) is 2.94. The van der Waals surface area contributed by atoms with Gasteiger partial charge in [-0.2, -0.15) is 4.80 Å². The summed E-state index contributed by atoms with van der Waals surface area (Å²) in [6.45, 7) is 2.06. The van der Waals surface area contributed by atoms with E-state index in [0.29, 0.717) is 5.92 Å². The van der Waals surface area contributed by atoms with E-state index in [1.165, 1.54) is 23.7 Å². The standard InChI is InChI=1S/C17H18ClN5/c18-16-6-5-12-8-14(4-3-13(12)9-16)17(23-21-11-20-22-23)15-2-1-7-19-10-15/h3-6,8-9,11,15,17,19H,1-2,7,10H2/t15-,17-/m1/s1. The number of aromatic nitrogens is 4. The molecule has 0 saturated carbocycles. The second-order valence-electron chi connectivity index (χ2n) is 6.06. The van der Waals surface area contributed by atoms with Gasteiger partial charge >= 0.3 is 0 Å². The molecule has 118 valence electrons. The molecular formula is C17H18ClN5. The molecule has 1 fully saturated rings. The molecule has 1 aromatic heterocycles. The van der Waals surface area contributed by atoms with Crippen molar-refractivity contribution in [2.75, 3.05) is 13.1 Å². The molecule has 23 heavy (non-hydrogen) atoms. The Kier molecular flexibility index (Phi) is 3.97. The van der Waals surface area contributed by atoms with Crippen LogP contribution in [0.1, 0.15) is 24.4 Å². The first-order valence-electron chi connectivity index (χ1n) is 7.94. The molecule has 0 radical (unpaired) electrons. The summed E-state index contributed by atoms with van der Waals surface area (Å²) in [6, 6.07) is 12.6. The van der Waals surface area contributed by atoms with Gasteiger partial charge in [0.15, 0.2) is 6.33 Å². The van der Waals surface area contributed by atoms with Crippen molar-refractivity contribution in [3.63, 3.8) is 0 Å². The van der Waals surface area contributed by atoms with Crippen LogP contribution in [0.15, 0.2) is 42.7 Å². The van der Waals surface area contributed by atoms with Crippen LogP contribution >= 0.6 is 11.6 Å². The van der Waals surface area contributed by atoms with E-state index in [-0.39, 0.29) is 6.04 Å². The number of hydrogen-bond donors (Lipinski definition) is 1. The lowest BCUT2D eigenvalue weighted by Crippen LogP contribution is -2.36. The number of tetrazole rings is 1. The van der Waals surface area contributed by atoms with Crippen LogP contribution in [0.25, 0.3) is 10.8 Å². The summed E-state index contributed by atoms with van der Waals surface area (Å²) in [7, 11) is 0. The van der Waals surface area contributed by atoms with Crippen molar-refractivity contribution >= 4 is 22.4 Å². The van der Waals surface area contributed by atoms with Crippen LogP contribution in [-0.2, 0) is 0 Å². The first-order chi connectivity index (χ1) is 11.3. The SMILES string of the molecule is Clc1ccc2cc([C@H]([C@@H]3CCCNC3)n3ncnn3)ccc2c1. The quantitative estimate of drug-likeness (QED) is 0.803. The number of nitrogens with one attached hydrogen (secondary N) is 1. The number of nitrogens with zero attached hydrogens (tertiary/aromatic N) is 4. The van der Waals surface area contributed by atoms with E-state index in [9.17, 15) is 0 Å². The average Bonchev–Trinajstić information content (AvgIpc) is 3.10. The zero-order valence-corrected chi connectivity index (χ0v) is 13.4. The van der Waals surface area contributed by atoms with Gasteiger partial charge in [0.25, 0.3) is 0 Å². The third-order valence-corrected chi connectivity index (χ3v) is 4.80. The summed E-state index contributed by atoms with van der Waals surface area (Å²) in [5, 5.41) is 19.0. The van der Waals surface area contributed by atoms with Crippen LogP contribution in [0.4, 0.5) is 0 Å². The molecule has 1 N–H and O–H groups in total. The summed E-state index contributed by atoms with van der Waals surface area (Å²) < 4.78 is 0. The van der Waals surface area contributed by atoms with Gasteiger partial charge in [0.1, 0.15) is 6.04 Å². The van der Waals surface area contributed by atoms with Gasteiger partial charge in [0, 0.05) is 11.6 Å². The molecule has 2 aromatic carbocycles. The second kappa shape index (κ2) is 6.26. The number of rotatable bonds is 3. The lowest BCUT2D eigenvalue weighted by Gasteiger charge is -2.30. The predicted molar refractivity (Wildman–Crippen MR) is 90.5 cm³/mol. The van der Waals surface area contributed by atoms with Crippen molar-refractivity contribution in [1.82, 2.24) is 25.5 Å². The molecule has 2 heterocycles. The van der Waals surface area contributed by atoms with Crippen LogP contribution in [0, 0.1) is 5.92 Å². The first kappa shape index (κ1) is 14.6. The van der Waals surface area contributed by atoms with Crippen LogP contribution in [-0.4, -0.2) is 33.3 Å². The van der Waals surface area contributed by atoms with Crippen molar-refractivity contribution in [2.24, 2.45) is 5.92 Å². The van der Waals surface area contributed by atoms with Crippen LogP contribution in [0.2, 0.25) is 5.02 Å². The molecule has 1 aliphatic rings. The Labute approximate surface area is 139 Å². The third-order valence-electron chi connectivity index (χ3n) is 4.56. The average molecular weight is 328 g/mol. The summed E-state index contributed by atoms with van der Waals surface area (Å²) in [6.07, 6.45) is 3.85. The fourth-order valence-electron chi connectivity index (χ4n) is 3.46. The van der Waals surface area contributed by atoms with Gasteiger partial charge in [-0.3, -0.25) is 0 Å². The molecule has 0 aliphatic carbocycles. The van der Waals surface area contributed by atoms with Gasteiger partial charge in [0.05, 0.1) is 0 Å². The van der Waals surface area contributed by atoms with Crippen molar-refractivity contribution in [3.05, 3.63) is 53.3 Å². The molecule has 0 bridgehead atoms. The molecule has 1 aliphatic heterocycles. The zero-order chi connectivity index (χ0) is 15.6. The van der Waals surface area contributed by atoms with E-state index >= 15 is 0 Å². The highest BCUT2D eigenvalue weighted by Gasteiger charge is 2.28. The molecule has 6 heteroatoms. The monoisotopic (exact) mass is 327 g/mol. The van der Waals surface area contributed by atoms with E-state index in [1.807, 2.05) is 12.1 Å². The maximum absolute atomic E-state index is 6.08. The highest BCUT2D eigenvalue weighted by Crippen LogP contribution is 2.32. The Bertz CT molecular complexity index is 796. The Morgan fingerprint density at radius 3 is 2.83 bits per heavy atom. The molecule has 2 atom stereocenters. The Morgan fingerprint density at radius 2 is 2.04 bits per heavy atom. The highest BCUT2D eigenvalue weighted by molar-refractivity contribution is 6.31. The predicted octanol–water partition coefficient (Wildman–Crippen LogP) is 3.07. The van der Waals surface area contributed by atoms with Gasteiger partial charge in [-0.15, -0.1) is 10.2 Å². The van der Waals surface area contributed by atoms with Crippen molar-refractivity contribution in [3.8, 4) is 0 Å². The highest BCUT2D eigenvalue weighted by atomic mass is 35.5. The maximum Gasteiger partial charge on any atom is 0.162 e. The molecule has 0 spiro atoms. The van der Waals surface area contributed by atoms with E-state index in [0.717, 1.165) is 29.9 Å². The van der Waals surface area contributed by atoms with Crippen molar-refractivity contribution < 1.29 is 0 Å². The molecule has 0 unspecified atom stereocenters. The lowest BCUT2D eigenvalue weighted by atomic mass is 9.87. The lowest BCUT2D eigenvalue weighted by molar-refractivity contribution is 0.261. The zero-order valence-electron chi connectivity index (χ0n) is 12.7. The minimum absolute atomic E-state index is 0.102. The number of benzene rings is 2. The van der Waals surface area contributed by atoms with E-state index in [1.54, 1.807) is 4.80 Å². The van der Waals surface area contributed by atoms with Crippen molar-refractivity contribution in [2.45, 2.75) is 18.9 Å². The Morgan fingerprint density at radius 1 is 1.17 bits per heavy atom. The second-order valence-corrected chi connectivity index (χ2v) is 6.49. The number of hydrogen-bond acceptors (Lipinski definition) is 4. The van der Waals surface area contributed by atoms with Crippen molar-refractivity contribution in [1.29, 1.82) is 0 Å². The number of halogens is 1. The van der Waals surface area contributed by atoms with E-state index in [2.05, 4.69) is 45.0 Å². The van der Waals surface area contributed by atoms with E-state index < -0.39 is 0 Å². The van der Waals surface area contributed by atoms with E-state index in [4.69, 9.17) is 11.6 Å². The normalized spacial score (nSPS) is 19.8. The molecule has 4 rings (SSSR count). The fraction of sp³-hybridized carbons (Fsp3) is 0.353. The molecule has 1 saturated heterocycles. The molecule has 3 aromatic rings.